The van der Waals surface area contributed by atoms with Gasteiger partial charge in [0, 0.05) is 5.69 Å². The van der Waals surface area contributed by atoms with Gasteiger partial charge in [0.2, 0.25) is 0 Å². The molecule has 0 radical (unpaired) electrons. The summed E-state index contributed by atoms with van der Waals surface area (Å²) < 4.78 is 5.23. The van der Waals surface area contributed by atoms with E-state index in [1.54, 1.807) is 12.1 Å². The Balaban J connectivity index is 1.66. The van der Waals surface area contributed by atoms with Crippen molar-refractivity contribution in [2.45, 2.75) is 19.3 Å². The van der Waals surface area contributed by atoms with Crippen molar-refractivity contribution >= 4 is 11.7 Å². The van der Waals surface area contributed by atoms with Crippen molar-refractivity contribution in [2.24, 2.45) is 0 Å². The number of hydrogen-bond donors (Lipinski definition) is 1. The maximum atomic E-state index is 11.7. The molecule has 0 amide bonds. The third kappa shape index (κ3) is 4.76. The first-order chi connectivity index (χ1) is 9.74. The van der Waals surface area contributed by atoms with Crippen LogP contribution in [0.5, 0.6) is 0 Å². The Morgan fingerprint density at radius 1 is 0.950 bits per heavy atom. The number of benzene rings is 2. The standard InChI is InChI=1S/C17H19NO2/c18-16-10-8-15(9-11-16)13-17(19)20-12-4-7-14-5-2-1-3-6-14/h1-3,5-6,8-11H,4,7,12-13,18H2. The molecule has 0 aliphatic carbocycles. The second kappa shape index (κ2) is 7.34. The van der Waals surface area contributed by atoms with Crippen LogP contribution in [-0.2, 0) is 22.4 Å². The number of aryl methyl sites for hydroxylation is 1. The average Bonchev–Trinajstić information content (AvgIpc) is 2.47. The lowest BCUT2D eigenvalue weighted by Gasteiger charge is -2.05. The van der Waals surface area contributed by atoms with Crippen molar-refractivity contribution < 1.29 is 9.53 Å². The van der Waals surface area contributed by atoms with Crippen LogP contribution in [0.4, 0.5) is 5.69 Å². The van der Waals surface area contributed by atoms with Gasteiger partial charge in [0.05, 0.1) is 13.0 Å². The zero-order valence-electron chi connectivity index (χ0n) is 11.4. The minimum Gasteiger partial charge on any atom is -0.465 e. The third-order valence-corrected chi connectivity index (χ3v) is 3.04. The molecule has 0 unspecified atom stereocenters. The first-order valence-electron chi connectivity index (χ1n) is 6.78. The highest BCUT2D eigenvalue weighted by Gasteiger charge is 2.04. The van der Waals surface area contributed by atoms with Gasteiger partial charge in [-0.3, -0.25) is 4.79 Å². The van der Waals surface area contributed by atoms with Gasteiger partial charge in [0.25, 0.3) is 0 Å². The van der Waals surface area contributed by atoms with Gasteiger partial charge in [0.15, 0.2) is 0 Å². The summed E-state index contributed by atoms with van der Waals surface area (Å²) in [6, 6.07) is 17.5. The number of nitrogens with two attached hydrogens (primary N) is 1. The van der Waals surface area contributed by atoms with E-state index >= 15 is 0 Å². The van der Waals surface area contributed by atoms with Crippen molar-refractivity contribution in [3.63, 3.8) is 0 Å². The fraction of sp³-hybridized carbons (Fsp3) is 0.235. The zero-order valence-corrected chi connectivity index (χ0v) is 11.4. The molecule has 20 heavy (non-hydrogen) atoms. The SMILES string of the molecule is Nc1ccc(CC(=O)OCCCc2ccccc2)cc1. The molecule has 3 heteroatoms. The third-order valence-electron chi connectivity index (χ3n) is 3.04. The maximum Gasteiger partial charge on any atom is 0.310 e. The lowest BCUT2D eigenvalue weighted by molar-refractivity contribution is -0.142. The molecule has 0 aliphatic rings. The Hall–Kier alpha value is -2.29. The summed E-state index contributed by atoms with van der Waals surface area (Å²) in [5.74, 6) is -0.192. The smallest absolute Gasteiger partial charge is 0.310 e. The summed E-state index contributed by atoms with van der Waals surface area (Å²) in [6.07, 6.45) is 2.07. The number of hydrogen-bond acceptors (Lipinski definition) is 3. The molecule has 0 fully saturated rings. The number of rotatable bonds is 6. The largest absolute Gasteiger partial charge is 0.465 e. The van der Waals surface area contributed by atoms with Gasteiger partial charge in [0.1, 0.15) is 0 Å². The highest BCUT2D eigenvalue weighted by Crippen LogP contribution is 2.07. The van der Waals surface area contributed by atoms with E-state index in [0.29, 0.717) is 18.7 Å². The van der Waals surface area contributed by atoms with E-state index in [4.69, 9.17) is 10.5 Å². The van der Waals surface area contributed by atoms with Crippen LogP contribution in [0, 0.1) is 0 Å². The number of carbonyl (C=O) groups is 1. The quantitative estimate of drug-likeness (QED) is 0.498. The Bertz CT molecular complexity index is 535. The molecule has 0 aliphatic heterocycles. The molecular weight excluding hydrogens is 250 g/mol. The molecule has 0 atom stereocenters. The van der Waals surface area contributed by atoms with Crippen LogP contribution in [0.3, 0.4) is 0 Å². The first kappa shape index (κ1) is 14.1. The summed E-state index contributed by atoms with van der Waals surface area (Å²) in [5, 5.41) is 0. The molecule has 0 aromatic heterocycles. The van der Waals surface area contributed by atoms with E-state index in [1.807, 2.05) is 30.3 Å². The topological polar surface area (TPSA) is 52.3 Å². The first-order valence-corrected chi connectivity index (χ1v) is 6.78. The lowest BCUT2D eigenvalue weighted by atomic mass is 10.1. The second-order valence-corrected chi connectivity index (χ2v) is 4.73. The molecule has 0 spiro atoms. The van der Waals surface area contributed by atoms with Gasteiger partial charge in [-0.2, -0.15) is 0 Å². The molecule has 104 valence electrons. The van der Waals surface area contributed by atoms with Crippen LogP contribution in [0.25, 0.3) is 0 Å². The molecule has 2 aromatic rings. The Labute approximate surface area is 119 Å². The minimum atomic E-state index is -0.192. The van der Waals surface area contributed by atoms with Gasteiger partial charge in [-0.1, -0.05) is 42.5 Å². The van der Waals surface area contributed by atoms with E-state index in [9.17, 15) is 4.79 Å². The van der Waals surface area contributed by atoms with Crippen LogP contribution < -0.4 is 5.73 Å². The van der Waals surface area contributed by atoms with Crippen LogP contribution >= 0.6 is 0 Å². The van der Waals surface area contributed by atoms with Crippen LogP contribution in [-0.4, -0.2) is 12.6 Å². The van der Waals surface area contributed by atoms with E-state index in [1.165, 1.54) is 5.56 Å². The van der Waals surface area contributed by atoms with Gasteiger partial charge in [-0.25, -0.2) is 0 Å². The highest BCUT2D eigenvalue weighted by atomic mass is 16.5. The number of ether oxygens (including phenoxy) is 1. The van der Waals surface area contributed by atoms with Gasteiger partial charge >= 0.3 is 5.97 Å². The minimum absolute atomic E-state index is 0.192. The van der Waals surface area contributed by atoms with Crippen molar-refractivity contribution in [3.8, 4) is 0 Å². The molecule has 2 aromatic carbocycles. The van der Waals surface area contributed by atoms with Crippen molar-refractivity contribution in [3.05, 3.63) is 65.7 Å². The van der Waals surface area contributed by atoms with Crippen LogP contribution in [0.2, 0.25) is 0 Å². The molecule has 0 bridgehead atoms. The number of carbonyl (C=O) groups excluding carboxylic acids is 1. The summed E-state index contributed by atoms with van der Waals surface area (Å²) >= 11 is 0. The molecule has 2 rings (SSSR count). The fourth-order valence-electron chi connectivity index (χ4n) is 1.96. The average molecular weight is 269 g/mol. The Kier molecular flexibility index (Phi) is 5.18. The maximum absolute atomic E-state index is 11.7. The highest BCUT2D eigenvalue weighted by molar-refractivity contribution is 5.72. The summed E-state index contributed by atoms with van der Waals surface area (Å²) in [5.41, 5.74) is 8.48. The van der Waals surface area contributed by atoms with Crippen molar-refractivity contribution in [1.29, 1.82) is 0 Å². The normalized spacial score (nSPS) is 10.2. The van der Waals surface area contributed by atoms with Crippen molar-refractivity contribution in [2.75, 3.05) is 12.3 Å². The monoisotopic (exact) mass is 269 g/mol. The van der Waals surface area contributed by atoms with Gasteiger partial charge in [-0.15, -0.1) is 0 Å². The summed E-state index contributed by atoms with van der Waals surface area (Å²) in [7, 11) is 0. The molecule has 0 saturated carbocycles. The van der Waals surface area contributed by atoms with E-state index in [0.717, 1.165) is 18.4 Å². The van der Waals surface area contributed by atoms with E-state index in [-0.39, 0.29) is 5.97 Å². The molecule has 2 N–H and O–H groups in total. The summed E-state index contributed by atoms with van der Waals surface area (Å²) in [6.45, 7) is 0.461. The molecular formula is C17H19NO2. The predicted octanol–water partition coefficient (Wildman–Crippen LogP) is 2.99. The van der Waals surface area contributed by atoms with Gasteiger partial charge < -0.3 is 10.5 Å². The lowest BCUT2D eigenvalue weighted by Crippen LogP contribution is -2.09. The predicted molar refractivity (Wildman–Crippen MR) is 80.3 cm³/mol. The Morgan fingerprint density at radius 2 is 1.65 bits per heavy atom. The van der Waals surface area contributed by atoms with Crippen molar-refractivity contribution in [1.82, 2.24) is 0 Å². The number of anilines is 1. The summed E-state index contributed by atoms with van der Waals surface area (Å²) in [4.78, 5) is 11.7. The number of nitrogen functional groups attached to an aromatic ring is 1. The number of esters is 1. The van der Waals surface area contributed by atoms with Crippen LogP contribution in [0.1, 0.15) is 17.5 Å². The second-order valence-electron chi connectivity index (χ2n) is 4.73. The van der Waals surface area contributed by atoms with Gasteiger partial charge in [-0.05, 0) is 36.1 Å². The van der Waals surface area contributed by atoms with E-state index < -0.39 is 0 Å². The molecule has 0 saturated heterocycles. The zero-order chi connectivity index (χ0) is 14.2. The van der Waals surface area contributed by atoms with Crippen LogP contribution in [0.15, 0.2) is 54.6 Å². The molecule has 3 nitrogen and oxygen atoms in total. The van der Waals surface area contributed by atoms with E-state index in [2.05, 4.69) is 12.1 Å². The Morgan fingerprint density at radius 3 is 2.35 bits per heavy atom. The molecule has 0 heterocycles. The fourth-order valence-corrected chi connectivity index (χ4v) is 1.96.